The van der Waals surface area contributed by atoms with Crippen LogP contribution in [-0.2, 0) is 6.42 Å². The van der Waals surface area contributed by atoms with Gasteiger partial charge in [-0.1, -0.05) is 19.1 Å². The lowest BCUT2D eigenvalue weighted by Gasteiger charge is -2.03. The first-order valence-electron chi connectivity index (χ1n) is 3.69. The molecule has 1 aromatic rings. The topological polar surface area (TPSA) is 29.5 Å². The van der Waals surface area contributed by atoms with Gasteiger partial charge in [-0.3, -0.25) is 0 Å². The largest absolute Gasteiger partial charge is 0.340 e. The van der Waals surface area contributed by atoms with Gasteiger partial charge in [-0.25, -0.2) is 5.26 Å². The van der Waals surface area contributed by atoms with Crippen molar-refractivity contribution < 1.29 is 10.1 Å². The van der Waals surface area contributed by atoms with Crippen LogP contribution in [0.2, 0.25) is 0 Å². The lowest BCUT2D eigenvalue weighted by molar-refractivity contribution is -0.138. The van der Waals surface area contributed by atoms with Gasteiger partial charge in [0.25, 0.3) is 0 Å². The molecule has 0 heterocycles. The van der Waals surface area contributed by atoms with Crippen molar-refractivity contribution in [3.05, 3.63) is 29.3 Å². The number of hydrogen-bond donors (Lipinski definition) is 1. The minimum atomic E-state index is 0.563. The van der Waals surface area contributed by atoms with Gasteiger partial charge < -0.3 is 4.89 Å². The maximum Gasteiger partial charge on any atom is 0.168 e. The molecule has 0 fully saturated rings. The number of benzene rings is 1. The molecule has 1 rings (SSSR count). The molecular weight excluding hydrogens is 140 g/mol. The van der Waals surface area contributed by atoms with Gasteiger partial charge in [-0.05, 0) is 30.5 Å². The van der Waals surface area contributed by atoms with E-state index in [0.717, 1.165) is 17.5 Å². The van der Waals surface area contributed by atoms with Crippen LogP contribution >= 0.6 is 0 Å². The van der Waals surface area contributed by atoms with Crippen molar-refractivity contribution in [2.45, 2.75) is 20.3 Å². The Morgan fingerprint density at radius 2 is 2.18 bits per heavy atom. The summed E-state index contributed by atoms with van der Waals surface area (Å²) in [5.41, 5.74) is 2.12. The van der Waals surface area contributed by atoms with Gasteiger partial charge in [0.2, 0.25) is 0 Å². The summed E-state index contributed by atoms with van der Waals surface area (Å²) >= 11 is 0. The van der Waals surface area contributed by atoms with Crippen molar-refractivity contribution >= 4 is 0 Å². The van der Waals surface area contributed by atoms with Crippen molar-refractivity contribution in [2.75, 3.05) is 0 Å². The van der Waals surface area contributed by atoms with Gasteiger partial charge in [0.05, 0.1) is 0 Å². The summed E-state index contributed by atoms with van der Waals surface area (Å²) in [4.78, 5) is 4.22. The Hall–Kier alpha value is -1.02. The highest BCUT2D eigenvalue weighted by molar-refractivity contribution is 5.36. The van der Waals surface area contributed by atoms with Gasteiger partial charge in [-0.2, -0.15) is 0 Å². The summed E-state index contributed by atoms with van der Waals surface area (Å²) in [6, 6.07) is 5.78. The highest BCUT2D eigenvalue weighted by Gasteiger charge is 2.00. The van der Waals surface area contributed by atoms with E-state index in [2.05, 4.69) is 4.89 Å². The predicted molar refractivity (Wildman–Crippen MR) is 43.8 cm³/mol. The zero-order valence-electron chi connectivity index (χ0n) is 6.79. The molecule has 0 amide bonds. The van der Waals surface area contributed by atoms with Crippen LogP contribution in [-0.4, -0.2) is 5.26 Å². The quantitative estimate of drug-likeness (QED) is 0.521. The molecule has 0 aliphatic carbocycles. The fourth-order valence-corrected chi connectivity index (χ4v) is 1.04. The molecule has 0 aliphatic heterocycles. The van der Waals surface area contributed by atoms with E-state index in [1.165, 1.54) is 0 Å². The van der Waals surface area contributed by atoms with E-state index in [-0.39, 0.29) is 0 Å². The van der Waals surface area contributed by atoms with Crippen LogP contribution in [0.25, 0.3) is 0 Å². The first-order chi connectivity index (χ1) is 5.27. The summed E-state index contributed by atoms with van der Waals surface area (Å²) in [7, 11) is 0. The Labute approximate surface area is 66.4 Å². The highest BCUT2D eigenvalue weighted by atomic mass is 17.1. The van der Waals surface area contributed by atoms with Gasteiger partial charge in [0.15, 0.2) is 5.75 Å². The average Bonchev–Trinajstić information content (AvgIpc) is 2.04. The second-order valence-electron chi connectivity index (χ2n) is 2.56. The van der Waals surface area contributed by atoms with Crippen LogP contribution in [0.5, 0.6) is 5.75 Å². The van der Waals surface area contributed by atoms with Gasteiger partial charge in [0.1, 0.15) is 0 Å². The maximum absolute atomic E-state index is 8.47. The predicted octanol–water partition coefficient (Wildman–Crippen LogP) is 2.41. The molecule has 0 unspecified atom stereocenters. The fraction of sp³-hybridized carbons (Fsp3) is 0.333. The van der Waals surface area contributed by atoms with Crippen molar-refractivity contribution in [1.29, 1.82) is 0 Å². The second-order valence-corrected chi connectivity index (χ2v) is 2.56. The molecule has 1 aromatic carbocycles. The molecule has 2 nitrogen and oxygen atoms in total. The van der Waals surface area contributed by atoms with Crippen LogP contribution in [0.15, 0.2) is 18.2 Å². The summed E-state index contributed by atoms with van der Waals surface area (Å²) in [6.45, 7) is 3.98. The first-order valence-corrected chi connectivity index (χ1v) is 3.69. The summed E-state index contributed by atoms with van der Waals surface area (Å²) in [5.74, 6) is 0.563. The minimum Gasteiger partial charge on any atom is -0.340 e. The average molecular weight is 152 g/mol. The molecule has 1 N–H and O–H groups in total. The molecule has 0 saturated heterocycles. The van der Waals surface area contributed by atoms with E-state index < -0.39 is 0 Å². The molecule has 0 radical (unpaired) electrons. The number of rotatable bonds is 2. The molecular formula is C9H12O2. The van der Waals surface area contributed by atoms with Crippen molar-refractivity contribution in [3.8, 4) is 5.75 Å². The van der Waals surface area contributed by atoms with Crippen LogP contribution in [0.4, 0.5) is 0 Å². The van der Waals surface area contributed by atoms with Gasteiger partial charge in [-0.15, -0.1) is 0 Å². The zero-order valence-corrected chi connectivity index (χ0v) is 6.79. The van der Waals surface area contributed by atoms with E-state index >= 15 is 0 Å². The number of hydrogen-bond acceptors (Lipinski definition) is 2. The number of aryl methyl sites for hydroxylation is 2. The molecule has 0 aliphatic rings. The van der Waals surface area contributed by atoms with Gasteiger partial charge in [0, 0.05) is 0 Å². The normalized spacial score (nSPS) is 9.73. The molecule has 0 aromatic heterocycles. The van der Waals surface area contributed by atoms with Crippen molar-refractivity contribution in [3.63, 3.8) is 0 Å². The van der Waals surface area contributed by atoms with Crippen molar-refractivity contribution in [1.82, 2.24) is 0 Å². The second kappa shape index (κ2) is 3.39. The molecule has 60 valence electrons. The van der Waals surface area contributed by atoms with Crippen LogP contribution in [0.1, 0.15) is 18.1 Å². The zero-order chi connectivity index (χ0) is 8.27. The van der Waals surface area contributed by atoms with E-state index in [0.29, 0.717) is 5.75 Å². The first kappa shape index (κ1) is 8.08. The van der Waals surface area contributed by atoms with Crippen LogP contribution < -0.4 is 4.89 Å². The third kappa shape index (κ3) is 1.71. The van der Waals surface area contributed by atoms with Crippen LogP contribution in [0, 0.1) is 6.92 Å². The standard InChI is InChI=1S/C9H12O2/c1-3-8-5-4-7(2)6-9(8)11-10/h4-6,10H,3H2,1-2H3. The summed E-state index contributed by atoms with van der Waals surface area (Å²) < 4.78 is 0. The molecule has 0 atom stereocenters. The smallest absolute Gasteiger partial charge is 0.168 e. The van der Waals surface area contributed by atoms with Gasteiger partial charge >= 0.3 is 0 Å². The Kier molecular flexibility index (Phi) is 2.49. The lowest BCUT2D eigenvalue weighted by atomic mass is 10.1. The lowest BCUT2D eigenvalue weighted by Crippen LogP contribution is -1.91. The van der Waals surface area contributed by atoms with Crippen LogP contribution in [0.3, 0.4) is 0 Å². The van der Waals surface area contributed by atoms with E-state index in [1.54, 1.807) is 0 Å². The molecule has 0 saturated carbocycles. The Morgan fingerprint density at radius 3 is 2.73 bits per heavy atom. The monoisotopic (exact) mass is 152 g/mol. The Balaban J connectivity index is 3.06. The highest BCUT2D eigenvalue weighted by Crippen LogP contribution is 2.19. The molecule has 0 spiro atoms. The third-order valence-electron chi connectivity index (χ3n) is 1.70. The third-order valence-corrected chi connectivity index (χ3v) is 1.70. The SMILES string of the molecule is CCc1ccc(C)cc1OO. The Morgan fingerprint density at radius 1 is 1.45 bits per heavy atom. The van der Waals surface area contributed by atoms with Crippen molar-refractivity contribution in [2.24, 2.45) is 0 Å². The summed E-state index contributed by atoms with van der Waals surface area (Å²) in [6.07, 6.45) is 0.871. The summed E-state index contributed by atoms with van der Waals surface area (Å²) in [5, 5.41) is 8.47. The maximum atomic E-state index is 8.47. The van der Waals surface area contributed by atoms with E-state index in [9.17, 15) is 0 Å². The minimum absolute atomic E-state index is 0.563. The fourth-order valence-electron chi connectivity index (χ4n) is 1.04. The van der Waals surface area contributed by atoms with E-state index in [1.807, 2.05) is 32.0 Å². The Bertz CT molecular complexity index is 243. The van der Waals surface area contributed by atoms with E-state index in [4.69, 9.17) is 5.26 Å². The molecule has 2 heteroatoms. The molecule has 0 bridgehead atoms. The molecule has 11 heavy (non-hydrogen) atoms.